The lowest BCUT2D eigenvalue weighted by Crippen LogP contribution is -2.55. The molecule has 4 nitrogen and oxygen atoms in total. The molecular formula is C21H22N2O2. The highest BCUT2D eigenvalue weighted by molar-refractivity contribution is 5.90. The van der Waals surface area contributed by atoms with Crippen molar-refractivity contribution in [1.29, 1.82) is 0 Å². The molecule has 3 rings (SSSR count). The molecule has 2 aromatic rings. The van der Waals surface area contributed by atoms with E-state index in [1.54, 1.807) is 4.90 Å². The highest BCUT2D eigenvalue weighted by atomic mass is 16.2. The molecule has 4 heteroatoms. The van der Waals surface area contributed by atoms with Gasteiger partial charge in [0, 0.05) is 19.6 Å². The van der Waals surface area contributed by atoms with Gasteiger partial charge in [0.1, 0.15) is 0 Å². The molecule has 25 heavy (non-hydrogen) atoms. The van der Waals surface area contributed by atoms with Crippen LogP contribution in [-0.4, -0.2) is 29.8 Å². The summed E-state index contributed by atoms with van der Waals surface area (Å²) in [4.78, 5) is 25.2. The van der Waals surface area contributed by atoms with Gasteiger partial charge in [-0.25, -0.2) is 0 Å². The van der Waals surface area contributed by atoms with Gasteiger partial charge in [0.2, 0.25) is 11.8 Å². The van der Waals surface area contributed by atoms with Crippen LogP contribution in [0.1, 0.15) is 11.1 Å². The van der Waals surface area contributed by atoms with E-state index in [2.05, 4.69) is 49.2 Å². The van der Waals surface area contributed by atoms with Gasteiger partial charge >= 0.3 is 0 Å². The number of carbonyl (C=O) groups excluding carboxylic acids is 2. The molecule has 0 atom stereocenters. The second kappa shape index (κ2) is 7.34. The number of aryl methyl sites for hydroxylation is 1. The normalized spacial score (nSPS) is 13.9. The summed E-state index contributed by atoms with van der Waals surface area (Å²) in [5.74, 6) is -0.243. The fourth-order valence-electron chi connectivity index (χ4n) is 2.97. The summed E-state index contributed by atoms with van der Waals surface area (Å²) >= 11 is 0. The average molecular weight is 334 g/mol. The summed E-state index contributed by atoms with van der Waals surface area (Å²) in [6.07, 6.45) is 1.28. The number of nitrogens with zero attached hydrogens (tertiary/aromatic N) is 1. The minimum absolute atomic E-state index is 0.00549. The van der Waals surface area contributed by atoms with E-state index in [4.69, 9.17) is 0 Å². The first-order chi connectivity index (χ1) is 12.1. The molecule has 1 saturated heterocycles. The number of carbonyl (C=O) groups is 2. The second-order valence-electron chi connectivity index (χ2n) is 6.43. The molecule has 0 bridgehead atoms. The zero-order valence-corrected chi connectivity index (χ0v) is 14.4. The SMILES string of the molecule is C=CC(=O)N1CC(C(=O)NCc2cccc(-c3cccc(C)c3)c2)C1. The monoisotopic (exact) mass is 334 g/mol. The standard InChI is InChI=1S/C21H22N2O2/c1-3-20(24)23-13-19(14-23)21(25)22-12-16-7-5-9-18(11-16)17-8-4-6-15(2)10-17/h3-11,19H,1,12-14H2,2H3,(H,22,25). The summed E-state index contributed by atoms with van der Waals surface area (Å²) in [5.41, 5.74) is 4.60. The van der Waals surface area contributed by atoms with Gasteiger partial charge in [-0.15, -0.1) is 0 Å². The van der Waals surface area contributed by atoms with E-state index in [0.717, 1.165) is 11.1 Å². The lowest BCUT2D eigenvalue weighted by Gasteiger charge is -2.37. The van der Waals surface area contributed by atoms with Crippen molar-refractivity contribution in [2.24, 2.45) is 5.92 Å². The third-order valence-electron chi connectivity index (χ3n) is 4.48. The molecule has 0 aromatic heterocycles. The summed E-state index contributed by atoms with van der Waals surface area (Å²) in [5, 5.41) is 2.97. The fourth-order valence-corrected chi connectivity index (χ4v) is 2.97. The van der Waals surface area contributed by atoms with E-state index in [1.807, 2.05) is 18.2 Å². The van der Waals surface area contributed by atoms with Crippen LogP contribution in [0.3, 0.4) is 0 Å². The van der Waals surface area contributed by atoms with Crippen molar-refractivity contribution in [2.75, 3.05) is 13.1 Å². The first-order valence-electron chi connectivity index (χ1n) is 8.42. The summed E-state index contributed by atoms with van der Waals surface area (Å²) in [6, 6.07) is 16.6. The van der Waals surface area contributed by atoms with Gasteiger partial charge in [-0.2, -0.15) is 0 Å². The van der Waals surface area contributed by atoms with Crippen LogP contribution in [0.15, 0.2) is 61.2 Å². The van der Waals surface area contributed by atoms with E-state index in [1.165, 1.54) is 17.2 Å². The highest BCUT2D eigenvalue weighted by Gasteiger charge is 2.34. The quantitative estimate of drug-likeness (QED) is 0.855. The Bertz CT molecular complexity index is 807. The zero-order chi connectivity index (χ0) is 17.8. The van der Waals surface area contributed by atoms with Gasteiger partial charge in [-0.1, -0.05) is 54.6 Å². The maximum Gasteiger partial charge on any atom is 0.246 e. The van der Waals surface area contributed by atoms with Crippen LogP contribution in [0.25, 0.3) is 11.1 Å². The van der Waals surface area contributed by atoms with Gasteiger partial charge in [0.05, 0.1) is 5.92 Å². The van der Waals surface area contributed by atoms with Crippen LogP contribution in [-0.2, 0) is 16.1 Å². The molecule has 2 aromatic carbocycles. The molecule has 1 N–H and O–H groups in total. The molecule has 1 fully saturated rings. The maximum atomic E-state index is 12.2. The van der Waals surface area contributed by atoms with Gasteiger partial charge < -0.3 is 10.2 Å². The van der Waals surface area contributed by atoms with Gasteiger partial charge in [-0.05, 0) is 35.8 Å². The third-order valence-corrected chi connectivity index (χ3v) is 4.48. The smallest absolute Gasteiger partial charge is 0.246 e. The molecule has 0 unspecified atom stereocenters. The lowest BCUT2D eigenvalue weighted by molar-refractivity contribution is -0.139. The summed E-state index contributed by atoms with van der Waals surface area (Å²) < 4.78 is 0. The van der Waals surface area contributed by atoms with Crippen molar-refractivity contribution in [3.8, 4) is 11.1 Å². The lowest BCUT2D eigenvalue weighted by atomic mass is 9.98. The van der Waals surface area contributed by atoms with Crippen molar-refractivity contribution in [1.82, 2.24) is 10.2 Å². The van der Waals surface area contributed by atoms with Crippen molar-refractivity contribution in [3.05, 3.63) is 72.3 Å². The maximum absolute atomic E-state index is 12.2. The number of hydrogen-bond acceptors (Lipinski definition) is 2. The molecule has 0 saturated carbocycles. The van der Waals surface area contributed by atoms with E-state index < -0.39 is 0 Å². The van der Waals surface area contributed by atoms with Crippen LogP contribution in [0.4, 0.5) is 0 Å². The van der Waals surface area contributed by atoms with Crippen molar-refractivity contribution < 1.29 is 9.59 Å². The molecule has 0 radical (unpaired) electrons. The van der Waals surface area contributed by atoms with Crippen LogP contribution >= 0.6 is 0 Å². The number of rotatable bonds is 5. The van der Waals surface area contributed by atoms with Crippen LogP contribution in [0.2, 0.25) is 0 Å². The molecule has 2 amide bonds. The number of hydrogen-bond donors (Lipinski definition) is 1. The number of amides is 2. The van der Waals surface area contributed by atoms with E-state index >= 15 is 0 Å². The van der Waals surface area contributed by atoms with Crippen LogP contribution < -0.4 is 5.32 Å². The molecule has 0 spiro atoms. The molecule has 1 aliphatic heterocycles. The average Bonchev–Trinajstić information content (AvgIpc) is 2.58. The van der Waals surface area contributed by atoms with Gasteiger partial charge in [0.25, 0.3) is 0 Å². The highest BCUT2D eigenvalue weighted by Crippen LogP contribution is 2.22. The molecule has 0 aliphatic carbocycles. The Morgan fingerprint density at radius 1 is 1.16 bits per heavy atom. The van der Waals surface area contributed by atoms with Gasteiger partial charge in [0.15, 0.2) is 0 Å². The summed E-state index contributed by atoms with van der Waals surface area (Å²) in [6.45, 7) is 6.97. The largest absolute Gasteiger partial charge is 0.352 e. The molecule has 1 heterocycles. The van der Waals surface area contributed by atoms with Crippen molar-refractivity contribution >= 4 is 11.8 Å². The van der Waals surface area contributed by atoms with E-state index in [9.17, 15) is 9.59 Å². The molecule has 128 valence electrons. The first kappa shape index (κ1) is 17.0. The number of benzene rings is 2. The Labute approximate surface area is 148 Å². The Morgan fingerprint density at radius 3 is 2.52 bits per heavy atom. The molecule has 1 aliphatic rings. The minimum Gasteiger partial charge on any atom is -0.352 e. The Balaban J connectivity index is 1.57. The Kier molecular flexibility index (Phi) is 4.98. The predicted molar refractivity (Wildman–Crippen MR) is 98.7 cm³/mol. The Hall–Kier alpha value is -2.88. The van der Waals surface area contributed by atoms with Crippen LogP contribution in [0, 0.1) is 12.8 Å². The number of likely N-dealkylation sites (tertiary alicyclic amines) is 1. The topological polar surface area (TPSA) is 49.4 Å². The number of nitrogens with one attached hydrogen (secondary N) is 1. The van der Waals surface area contributed by atoms with Crippen LogP contribution in [0.5, 0.6) is 0 Å². The summed E-state index contributed by atoms with van der Waals surface area (Å²) in [7, 11) is 0. The predicted octanol–water partition coefficient (Wildman–Crippen LogP) is 2.92. The fraction of sp³-hybridized carbons (Fsp3) is 0.238. The van der Waals surface area contributed by atoms with Crippen molar-refractivity contribution in [3.63, 3.8) is 0 Å². The van der Waals surface area contributed by atoms with E-state index in [0.29, 0.717) is 19.6 Å². The Morgan fingerprint density at radius 2 is 1.84 bits per heavy atom. The first-order valence-corrected chi connectivity index (χ1v) is 8.42. The van der Waals surface area contributed by atoms with Crippen molar-refractivity contribution in [2.45, 2.75) is 13.5 Å². The zero-order valence-electron chi connectivity index (χ0n) is 14.4. The minimum atomic E-state index is -0.121. The van der Waals surface area contributed by atoms with E-state index in [-0.39, 0.29) is 17.7 Å². The third kappa shape index (κ3) is 3.97. The second-order valence-corrected chi connectivity index (χ2v) is 6.43. The van der Waals surface area contributed by atoms with Gasteiger partial charge in [-0.3, -0.25) is 9.59 Å². The molecular weight excluding hydrogens is 312 g/mol.